The van der Waals surface area contributed by atoms with E-state index < -0.39 is 11.7 Å². The molecule has 0 radical (unpaired) electrons. The van der Waals surface area contributed by atoms with Crippen LogP contribution in [0.25, 0.3) is 5.69 Å². The normalized spacial score (nSPS) is 14.9. The minimum atomic E-state index is -4.41. The number of nitrogens with one attached hydrogen (secondary N) is 1. The van der Waals surface area contributed by atoms with Gasteiger partial charge in [-0.3, -0.25) is 0 Å². The number of rotatable bonds is 1. The van der Waals surface area contributed by atoms with Crippen LogP contribution in [0.3, 0.4) is 0 Å². The molecule has 1 aromatic carbocycles. The van der Waals surface area contributed by atoms with E-state index in [0.717, 1.165) is 18.9 Å². The predicted molar refractivity (Wildman–Crippen MR) is 63.2 cm³/mol. The number of aryl methyl sites for hydroxylation is 1. The number of benzene rings is 1. The van der Waals surface area contributed by atoms with Crippen LogP contribution in [-0.2, 0) is 12.6 Å². The molecular formula is C12H11F3N4. The van der Waals surface area contributed by atoms with E-state index in [2.05, 4.69) is 15.6 Å². The topological polar surface area (TPSA) is 42.7 Å². The maximum absolute atomic E-state index is 13.0. The summed E-state index contributed by atoms with van der Waals surface area (Å²) in [6.45, 7) is 0.717. The van der Waals surface area contributed by atoms with Gasteiger partial charge in [0.25, 0.3) is 0 Å². The zero-order chi connectivity index (χ0) is 13.5. The van der Waals surface area contributed by atoms with E-state index in [0.29, 0.717) is 18.1 Å². The summed E-state index contributed by atoms with van der Waals surface area (Å²) in [4.78, 5) is 0. The Morgan fingerprint density at radius 3 is 2.79 bits per heavy atom. The molecule has 19 heavy (non-hydrogen) atoms. The highest BCUT2D eigenvalue weighted by Crippen LogP contribution is 2.35. The number of nitrogens with zero attached hydrogens (tertiary/aromatic N) is 3. The molecule has 1 aromatic heterocycles. The average molecular weight is 268 g/mol. The number of halogens is 3. The van der Waals surface area contributed by atoms with E-state index in [1.165, 1.54) is 16.8 Å². The summed E-state index contributed by atoms with van der Waals surface area (Å²) in [6, 6.07) is 5.37. The Morgan fingerprint density at radius 1 is 1.21 bits per heavy atom. The fraction of sp³-hybridized carbons (Fsp3) is 0.333. The molecule has 0 saturated heterocycles. The number of anilines is 1. The second kappa shape index (κ2) is 4.25. The van der Waals surface area contributed by atoms with Gasteiger partial charge in [-0.1, -0.05) is 17.3 Å². The highest BCUT2D eigenvalue weighted by molar-refractivity contribution is 5.52. The van der Waals surface area contributed by atoms with E-state index in [9.17, 15) is 13.2 Å². The smallest absolute Gasteiger partial charge is 0.368 e. The number of aromatic nitrogens is 3. The number of alkyl halides is 3. The third-order valence-electron chi connectivity index (χ3n) is 3.06. The van der Waals surface area contributed by atoms with Crippen molar-refractivity contribution in [3.8, 4) is 5.69 Å². The first-order chi connectivity index (χ1) is 9.07. The van der Waals surface area contributed by atoms with Gasteiger partial charge in [-0.2, -0.15) is 17.9 Å². The molecule has 1 N–H and O–H groups in total. The molecule has 2 heterocycles. The Labute approximate surface area is 107 Å². The highest BCUT2D eigenvalue weighted by Gasteiger charge is 2.34. The van der Waals surface area contributed by atoms with E-state index in [-0.39, 0.29) is 5.69 Å². The van der Waals surface area contributed by atoms with Crippen molar-refractivity contribution in [2.75, 3.05) is 11.9 Å². The fourth-order valence-electron chi connectivity index (χ4n) is 2.19. The third-order valence-corrected chi connectivity index (χ3v) is 3.06. The molecule has 4 nitrogen and oxygen atoms in total. The first-order valence-electron chi connectivity index (χ1n) is 5.92. The monoisotopic (exact) mass is 268 g/mol. The van der Waals surface area contributed by atoms with Crippen LogP contribution in [0.15, 0.2) is 24.3 Å². The van der Waals surface area contributed by atoms with Crippen molar-refractivity contribution in [1.82, 2.24) is 15.0 Å². The molecule has 100 valence electrons. The zero-order valence-corrected chi connectivity index (χ0v) is 9.91. The molecular weight excluding hydrogens is 257 g/mol. The quantitative estimate of drug-likeness (QED) is 0.864. The summed E-state index contributed by atoms with van der Waals surface area (Å²) in [6.07, 6.45) is -2.77. The number of para-hydroxylation sites is 1. The molecule has 1 aliphatic rings. The lowest BCUT2D eigenvalue weighted by Crippen LogP contribution is -2.17. The van der Waals surface area contributed by atoms with E-state index in [1.807, 2.05) is 0 Å². The van der Waals surface area contributed by atoms with E-state index >= 15 is 0 Å². The van der Waals surface area contributed by atoms with Gasteiger partial charge in [0.2, 0.25) is 0 Å². The van der Waals surface area contributed by atoms with Gasteiger partial charge in [0.15, 0.2) is 5.82 Å². The van der Waals surface area contributed by atoms with Crippen LogP contribution in [0, 0.1) is 0 Å². The number of hydrogen-bond acceptors (Lipinski definition) is 3. The summed E-state index contributed by atoms with van der Waals surface area (Å²) in [7, 11) is 0. The summed E-state index contributed by atoms with van der Waals surface area (Å²) in [5, 5.41) is 10.8. The van der Waals surface area contributed by atoms with E-state index in [4.69, 9.17) is 0 Å². The van der Waals surface area contributed by atoms with Crippen molar-refractivity contribution < 1.29 is 13.2 Å². The molecule has 0 amide bonds. The second-order valence-electron chi connectivity index (χ2n) is 4.34. The van der Waals surface area contributed by atoms with Crippen LogP contribution in [0.5, 0.6) is 0 Å². The van der Waals surface area contributed by atoms with E-state index in [1.54, 1.807) is 6.07 Å². The molecule has 0 saturated carbocycles. The maximum atomic E-state index is 13.0. The Kier molecular flexibility index (Phi) is 2.69. The van der Waals surface area contributed by atoms with Gasteiger partial charge in [0.05, 0.1) is 11.3 Å². The Balaban J connectivity index is 2.15. The minimum absolute atomic E-state index is 0.00171. The predicted octanol–water partition coefficient (Wildman–Crippen LogP) is 2.64. The van der Waals surface area contributed by atoms with Gasteiger partial charge in [-0.05, 0) is 25.0 Å². The molecule has 0 aliphatic carbocycles. The summed E-state index contributed by atoms with van der Waals surface area (Å²) < 4.78 is 40.2. The van der Waals surface area contributed by atoms with Gasteiger partial charge >= 0.3 is 6.18 Å². The van der Waals surface area contributed by atoms with Gasteiger partial charge < -0.3 is 5.32 Å². The fourth-order valence-corrected chi connectivity index (χ4v) is 2.19. The first kappa shape index (κ1) is 12.0. The largest absolute Gasteiger partial charge is 0.418 e. The van der Waals surface area contributed by atoms with Gasteiger partial charge in [-0.25, -0.2) is 0 Å². The number of hydrogen-bond donors (Lipinski definition) is 1. The lowest BCUT2D eigenvalue weighted by atomic mass is 10.1. The maximum Gasteiger partial charge on any atom is 0.418 e. The van der Waals surface area contributed by atoms with Crippen molar-refractivity contribution in [1.29, 1.82) is 0 Å². The number of fused-ring (bicyclic) bond motifs is 1. The molecule has 2 aromatic rings. The van der Waals surface area contributed by atoms with Gasteiger partial charge in [0, 0.05) is 6.54 Å². The van der Waals surface area contributed by atoms with Gasteiger partial charge in [0.1, 0.15) is 5.69 Å². The van der Waals surface area contributed by atoms with Crippen LogP contribution in [-0.4, -0.2) is 21.5 Å². The SMILES string of the molecule is FC(F)(F)c1ccccc1-n1nnc2c1NCCC2. The van der Waals surface area contributed by atoms with Crippen LogP contribution < -0.4 is 5.32 Å². The lowest BCUT2D eigenvalue weighted by Gasteiger charge is -2.17. The molecule has 0 unspecified atom stereocenters. The molecule has 0 atom stereocenters. The summed E-state index contributed by atoms with van der Waals surface area (Å²) >= 11 is 0. The van der Waals surface area contributed by atoms with Crippen molar-refractivity contribution in [3.63, 3.8) is 0 Å². The zero-order valence-electron chi connectivity index (χ0n) is 9.91. The molecule has 0 bridgehead atoms. The Bertz CT molecular complexity index is 603. The molecule has 3 rings (SSSR count). The Morgan fingerprint density at radius 2 is 2.00 bits per heavy atom. The highest BCUT2D eigenvalue weighted by atomic mass is 19.4. The van der Waals surface area contributed by atoms with Crippen molar-refractivity contribution in [3.05, 3.63) is 35.5 Å². The van der Waals surface area contributed by atoms with Crippen LogP contribution in [0.4, 0.5) is 19.0 Å². The summed E-state index contributed by atoms with van der Waals surface area (Å²) in [5.41, 5.74) is -0.00329. The minimum Gasteiger partial charge on any atom is -0.368 e. The summed E-state index contributed by atoms with van der Waals surface area (Å²) in [5.74, 6) is 0.558. The standard InChI is InChI=1S/C12H11F3N4/c13-12(14,15)8-4-1-2-6-10(8)19-11-9(17-18-19)5-3-7-16-11/h1-2,4,6,16H,3,5,7H2. The average Bonchev–Trinajstić information content (AvgIpc) is 2.81. The van der Waals surface area contributed by atoms with Crippen LogP contribution >= 0.6 is 0 Å². The molecule has 1 aliphatic heterocycles. The van der Waals surface area contributed by atoms with Gasteiger partial charge in [-0.15, -0.1) is 5.10 Å². The van der Waals surface area contributed by atoms with Crippen molar-refractivity contribution in [2.45, 2.75) is 19.0 Å². The van der Waals surface area contributed by atoms with Crippen molar-refractivity contribution in [2.24, 2.45) is 0 Å². The molecule has 0 fully saturated rings. The first-order valence-corrected chi connectivity index (χ1v) is 5.92. The van der Waals surface area contributed by atoms with Crippen molar-refractivity contribution >= 4 is 5.82 Å². The van der Waals surface area contributed by atoms with Crippen LogP contribution in [0.2, 0.25) is 0 Å². The third kappa shape index (κ3) is 2.05. The Hall–Kier alpha value is -2.05. The molecule has 7 heteroatoms. The lowest BCUT2D eigenvalue weighted by molar-refractivity contribution is -0.137. The van der Waals surface area contributed by atoms with Crippen LogP contribution in [0.1, 0.15) is 17.7 Å². The molecule has 0 spiro atoms. The second-order valence-corrected chi connectivity index (χ2v) is 4.34.